The highest BCUT2D eigenvalue weighted by Gasteiger charge is 2.31. The first-order valence-electron chi connectivity index (χ1n) is 7.99. The molecule has 12 nitrogen and oxygen atoms in total. The molecule has 1 aliphatic rings. The molecule has 0 saturated heterocycles. The summed E-state index contributed by atoms with van der Waals surface area (Å²) >= 11 is 0. The number of hydrogen-bond donors (Lipinski definition) is 5. The Kier molecular flexibility index (Phi) is 8.28. The Labute approximate surface area is 150 Å². The Morgan fingerprint density at radius 2 is 2.15 bits per heavy atom. The molecule has 0 aromatic heterocycles. The van der Waals surface area contributed by atoms with Crippen molar-refractivity contribution in [2.24, 2.45) is 16.5 Å². The molecular formula is C14H25N7O5. The Morgan fingerprint density at radius 1 is 1.46 bits per heavy atom. The lowest BCUT2D eigenvalue weighted by Gasteiger charge is -2.30. The molecule has 0 aliphatic carbocycles. The van der Waals surface area contributed by atoms with Gasteiger partial charge in [0.1, 0.15) is 6.04 Å². The number of rotatable bonds is 7. The summed E-state index contributed by atoms with van der Waals surface area (Å²) in [5.74, 6) is -0.829. The standard InChI is InChI=1S/C14H25N7O5/c1-21(9-7-18-13(19-11(9)23)20-12(16)24)10(22)6-8(15)4-3-5-17-14(25)26-2/h8-9H,3-7,15H2,1-2H3,(H,17,25)(H4,16,18,19,20,23,24)/t8-,9-/m0/s1. The van der Waals surface area contributed by atoms with Gasteiger partial charge in [-0.25, -0.2) is 14.6 Å². The number of hydrogen-bond acceptors (Lipinski definition) is 7. The monoisotopic (exact) mass is 371 g/mol. The summed E-state index contributed by atoms with van der Waals surface area (Å²) < 4.78 is 4.44. The minimum atomic E-state index is -0.848. The fourth-order valence-electron chi connectivity index (χ4n) is 2.26. The Morgan fingerprint density at radius 3 is 2.73 bits per heavy atom. The second kappa shape index (κ2) is 10.2. The van der Waals surface area contributed by atoms with Gasteiger partial charge in [0.15, 0.2) is 0 Å². The van der Waals surface area contributed by atoms with E-state index in [0.717, 1.165) is 0 Å². The maximum absolute atomic E-state index is 12.3. The number of methoxy groups -OCH3 is 1. The first kappa shape index (κ1) is 21.2. The van der Waals surface area contributed by atoms with Crippen LogP contribution in [0.4, 0.5) is 9.59 Å². The minimum absolute atomic E-state index is 0.00196. The molecule has 1 aliphatic heterocycles. The van der Waals surface area contributed by atoms with Crippen molar-refractivity contribution in [2.45, 2.75) is 31.3 Å². The molecule has 0 aromatic carbocycles. The lowest BCUT2D eigenvalue weighted by molar-refractivity contribution is -0.138. The maximum Gasteiger partial charge on any atom is 0.406 e. The summed E-state index contributed by atoms with van der Waals surface area (Å²) in [5.41, 5.74) is 10.9. The molecule has 12 heteroatoms. The van der Waals surface area contributed by atoms with Gasteiger partial charge in [-0.3, -0.25) is 20.2 Å². The van der Waals surface area contributed by atoms with E-state index in [1.807, 2.05) is 0 Å². The van der Waals surface area contributed by atoms with Crippen molar-refractivity contribution >= 4 is 29.9 Å². The van der Waals surface area contributed by atoms with Gasteiger partial charge in [-0.05, 0) is 12.8 Å². The molecule has 2 atom stereocenters. The predicted molar refractivity (Wildman–Crippen MR) is 92.0 cm³/mol. The van der Waals surface area contributed by atoms with Crippen molar-refractivity contribution in [3.05, 3.63) is 0 Å². The lowest BCUT2D eigenvalue weighted by Crippen LogP contribution is -2.58. The summed E-state index contributed by atoms with van der Waals surface area (Å²) in [6, 6.07) is -2.06. The van der Waals surface area contributed by atoms with Crippen LogP contribution in [0.5, 0.6) is 0 Å². The number of nitrogens with zero attached hydrogens (tertiary/aromatic N) is 2. The summed E-state index contributed by atoms with van der Waals surface area (Å²) in [6.45, 7) is 0.391. The number of likely N-dealkylation sites (N-methyl/N-ethyl adjacent to an activating group) is 1. The average Bonchev–Trinajstić information content (AvgIpc) is 2.57. The first-order chi connectivity index (χ1) is 12.2. The number of nitrogens with one attached hydrogen (secondary N) is 3. The van der Waals surface area contributed by atoms with Gasteiger partial charge in [0.25, 0.3) is 5.91 Å². The molecule has 0 unspecified atom stereocenters. The summed E-state index contributed by atoms with van der Waals surface area (Å²) in [7, 11) is 2.76. The number of alkyl carbamates (subject to hydrolysis) is 1. The molecule has 1 rings (SSSR count). The predicted octanol–water partition coefficient (Wildman–Crippen LogP) is -2.18. The highest BCUT2D eigenvalue weighted by Crippen LogP contribution is 2.07. The van der Waals surface area contributed by atoms with E-state index in [0.29, 0.717) is 19.4 Å². The van der Waals surface area contributed by atoms with E-state index < -0.39 is 30.1 Å². The van der Waals surface area contributed by atoms with Crippen LogP contribution in [0.25, 0.3) is 0 Å². The van der Waals surface area contributed by atoms with Gasteiger partial charge in [0, 0.05) is 26.1 Å². The number of amides is 5. The zero-order valence-corrected chi connectivity index (χ0v) is 14.8. The molecule has 7 N–H and O–H groups in total. The topological polar surface area (TPSA) is 181 Å². The molecule has 0 bridgehead atoms. The Hall–Kier alpha value is -2.89. The number of carbonyl (C=O) groups excluding carboxylic acids is 4. The quantitative estimate of drug-likeness (QED) is 0.317. The molecule has 5 amide bonds. The van der Waals surface area contributed by atoms with Gasteiger partial charge in [-0.2, -0.15) is 0 Å². The fourth-order valence-corrected chi connectivity index (χ4v) is 2.26. The first-order valence-corrected chi connectivity index (χ1v) is 7.99. The van der Waals surface area contributed by atoms with E-state index in [1.54, 1.807) is 0 Å². The number of ether oxygens (including phenoxy) is 1. The van der Waals surface area contributed by atoms with Crippen molar-refractivity contribution in [3.63, 3.8) is 0 Å². The average molecular weight is 371 g/mol. The maximum atomic E-state index is 12.3. The van der Waals surface area contributed by atoms with Crippen LogP contribution >= 0.6 is 0 Å². The van der Waals surface area contributed by atoms with Gasteiger partial charge in [-0.15, -0.1) is 0 Å². The van der Waals surface area contributed by atoms with Crippen LogP contribution in [0.2, 0.25) is 0 Å². The van der Waals surface area contributed by atoms with Crippen molar-refractivity contribution in [1.29, 1.82) is 0 Å². The van der Waals surface area contributed by atoms with E-state index in [2.05, 4.69) is 25.7 Å². The van der Waals surface area contributed by atoms with Crippen molar-refractivity contribution in [3.8, 4) is 0 Å². The lowest BCUT2D eigenvalue weighted by atomic mass is 10.1. The Bertz CT molecular complexity index is 580. The molecule has 146 valence electrons. The molecule has 0 spiro atoms. The second-order valence-electron chi connectivity index (χ2n) is 5.71. The van der Waals surface area contributed by atoms with Crippen LogP contribution in [-0.2, 0) is 14.3 Å². The summed E-state index contributed by atoms with van der Waals surface area (Å²) in [4.78, 5) is 51.2. The van der Waals surface area contributed by atoms with Gasteiger partial charge >= 0.3 is 12.1 Å². The van der Waals surface area contributed by atoms with E-state index in [1.165, 1.54) is 19.1 Å². The minimum Gasteiger partial charge on any atom is -0.453 e. The highest BCUT2D eigenvalue weighted by atomic mass is 16.5. The third-order valence-corrected chi connectivity index (χ3v) is 3.71. The van der Waals surface area contributed by atoms with Crippen molar-refractivity contribution < 1.29 is 23.9 Å². The second-order valence-corrected chi connectivity index (χ2v) is 5.71. The van der Waals surface area contributed by atoms with Gasteiger partial charge in [-0.1, -0.05) is 0 Å². The van der Waals surface area contributed by atoms with Gasteiger partial charge in [0.2, 0.25) is 11.9 Å². The zero-order chi connectivity index (χ0) is 19.7. The molecule has 0 saturated carbocycles. The Balaban J connectivity index is 2.42. The largest absolute Gasteiger partial charge is 0.453 e. The molecule has 0 radical (unpaired) electrons. The van der Waals surface area contributed by atoms with Crippen LogP contribution in [0.1, 0.15) is 19.3 Å². The smallest absolute Gasteiger partial charge is 0.406 e. The third kappa shape index (κ3) is 6.93. The van der Waals surface area contributed by atoms with E-state index in [4.69, 9.17) is 11.5 Å². The molecule has 1 heterocycles. The molecular weight excluding hydrogens is 346 g/mol. The molecule has 0 aromatic rings. The number of urea groups is 1. The van der Waals surface area contributed by atoms with Crippen molar-refractivity contribution in [2.75, 3.05) is 27.2 Å². The SMILES string of the molecule is COC(=O)NCCC[C@H](N)CC(=O)N(C)[C@H]1CN=C(NC(N)=O)NC1=O. The van der Waals surface area contributed by atoms with Crippen LogP contribution < -0.4 is 27.4 Å². The fraction of sp³-hybridized carbons (Fsp3) is 0.643. The number of carbonyl (C=O) groups is 4. The van der Waals surface area contributed by atoms with Crippen LogP contribution in [0.3, 0.4) is 0 Å². The van der Waals surface area contributed by atoms with E-state index >= 15 is 0 Å². The van der Waals surface area contributed by atoms with Crippen LogP contribution in [0.15, 0.2) is 4.99 Å². The third-order valence-electron chi connectivity index (χ3n) is 3.71. The summed E-state index contributed by atoms with van der Waals surface area (Å²) in [5, 5.41) is 7.06. The van der Waals surface area contributed by atoms with Gasteiger partial charge < -0.3 is 26.4 Å². The number of guanidine groups is 1. The van der Waals surface area contributed by atoms with Crippen LogP contribution in [-0.4, -0.2) is 74.1 Å². The van der Waals surface area contributed by atoms with Gasteiger partial charge in [0.05, 0.1) is 13.7 Å². The normalized spacial score (nSPS) is 17.4. The number of nitrogens with two attached hydrogens (primary N) is 2. The molecule has 26 heavy (non-hydrogen) atoms. The summed E-state index contributed by atoms with van der Waals surface area (Å²) in [6.07, 6.45) is 0.632. The molecule has 0 fully saturated rings. The van der Waals surface area contributed by atoms with E-state index in [-0.39, 0.29) is 24.8 Å². The highest BCUT2D eigenvalue weighted by molar-refractivity contribution is 6.07. The van der Waals surface area contributed by atoms with E-state index in [9.17, 15) is 19.2 Å². The zero-order valence-electron chi connectivity index (χ0n) is 14.8. The van der Waals surface area contributed by atoms with Crippen LogP contribution in [0, 0.1) is 0 Å². The van der Waals surface area contributed by atoms with Crippen molar-refractivity contribution in [1.82, 2.24) is 20.9 Å². The number of aliphatic imine (C=N–C) groups is 1. The number of primary amides is 1.